The van der Waals surface area contributed by atoms with E-state index >= 15 is 4.39 Å². The molecule has 5 N–H and O–H groups in total. The van der Waals surface area contributed by atoms with Crippen LogP contribution >= 0.6 is 0 Å². The number of piperazine rings is 1. The number of hydrogen-bond donors (Lipinski definition) is 5. The number of carbonyl (C=O) groups excluding carboxylic acids is 2. The first-order valence-electron chi connectivity index (χ1n) is 28.6. The summed E-state index contributed by atoms with van der Waals surface area (Å²) in [6.07, 6.45) is 6.08. The van der Waals surface area contributed by atoms with Crippen LogP contribution in [0.4, 0.5) is 10.2 Å². The normalized spacial score (nSPS) is 20.3. The monoisotopic (exact) mass is 1120 g/mol. The third-order valence-electron chi connectivity index (χ3n) is 16.9. The molecule has 4 aromatic carbocycles. The summed E-state index contributed by atoms with van der Waals surface area (Å²) in [6.45, 7) is 13.8. The fourth-order valence-electron chi connectivity index (χ4n) is 12.3. The van der Waals surface area contributed by atoms with Gasteiger partial charge in [-0.1, -0.05) is 67.6 Å². The highest BCUT2D eigenvalue weighted by Gasteiger charge is 2.44. The number of H-pyrrole nitrogens is 1. The van der Waals surface area contributed by atoms with E-state index in [1.54, 1.807) is 39.5 Å². The average molecular weight is 1120 g/mol. The largest absolute Gasteiger partial charge is 0.486 e. The molecule has 0 radical (unpaired) electrons. The van der Waals surface area contributed by atoms with Crippen molar-refractivity contribution in [2.45, 2.75) is 135 Å². The molecular formula is C61H70FN13O7. The van der Waals surface area contributed by atoms with Gasteiger partial charge in [-0.15, -0.1) is 5.10 Å². The molecule has 3 saturated heterocycles. The molecule has 8 atom stereocenters. The number of β-amino-alcohol motifs (C(OH)–C–C–N with tert-alkyl or cyclic N) is 1. The summed E-state index contributed by atoms with van der Waals surface area (Å²) in [7, 11) is 1.64. The van der Waals surface area contributed by atoms with E-state index < -0.39 is 36.2 Å². The van der Waals surface area contributed by atoms with E-state index in [2.05, 4.69) is 47.2 Å². The highest BCUT2D eigenvalue weighted by Crippen LogP contribution is 2.53. The van der Waals surface area contributed by atoms with Crippen molar-refractivity contribution in [3.05, 3.63) is 113 Å². The van der Waals surface area contributed by atoms with Crippen LogP contribution in [0.5, 0.6) is 11.8 Å². The maximum atomic E-state index is 16.1. The molecule has 7 heterocycles. The number of fused-ring (bicyclic) bond motifs is 4. The Labute approximate surface area is 474 Å². The molecule has 82 heavy (non-hydrogen) atoms. The Hall–Kier alpha value is -7.85. The first-order chi connectivity index (χ1) is 39.7. The smallest absolute Gasteiger partial charge is 0.319 e. The van der Waals surface area contributed by atoms with Gasteiger partial charge in [0, 0.05) is 85.5 Å². The van der Waals surface area contributed by atoms with Crippen molar-refractivity contribution in [1.82, 2.24) is 60.5 Å². The number of likely N-dealkylation sites (tertiary alicyclic amines) is 1. The van der Waals surface area contributed by atoms with Crippen LogP contribution in [0.2, 0.25) is 0 Å². The summed E-state index contributed by atoms with van der Waals surface area (Å²) < 4.78 is 38.5. The van der Waals surface area contributed by atoms with E-state index in [1.807, 2.05) is 87.0 Å². The lowest BCUT2D eigenvalue weighted by Crippen LogP contribution is -2.50. The Morgan fingerprint density at radius 2 is 1.72 bits per heavy atom. The quantitative estimate of drug-likeness (QED) is 0.0495. The van der Waals surface area contributed by atoms with Crippen molar-refractivity contribution >= 4 is 39.4 Å². The molecule has 1 saturated carbocycles. The highest BCUT2D eigenvalue weighted by molar-refractivity contribution is 6.06. The van der Waals surface area contributed by atoms with E-state index in [-0.39, 0.29) is 67.9 Å². The first kappa shape index (κ1) is 54.7. The second-order valence-corrected chi connectivity index (χ2v) is 22.9. The van der Waals surface area contributed by atoms with Gasteiger partial charge in [-0.2, -0.15) is 20.2 Å². The lowest BCUT2D eigenvalue weighted by molar-refractivity contribution is -0.143. The average Bonchev–Trinajstić information content (AvgIpc) is 2.48. The predicted octanol–water partition coefficient (Wildman–Crippen LogP) is 7.58. The van der Waals surface area contributed by atoms with E-state index in [1.165, 1.54) is 15.6 Å². The van der Waals surface area contributed by atoms with Crippen LogP contribution in [0.3, 0.4) is 0 Å². The summed E-state index contributed by atoms with van der Waals surface area (Å²) >= 11 is 0. The minimum absolute atomic E-state index is 0.0332. The number of aryl methyl sites for hydroxylation is 1. The van der Waals surface area contributed by atoms with Gasteiger partial charge in [0.1, 0.15) is 48.1 Å². The van der Waals surface area contributed by atoms with Gasteiger partial charge < -0.3 is 44.9 Å². The highest BCUT2D eigenvalue weighted by atomic mass is 19.1. The number of methoxy groups -OCH3 is 1. The Balaban J connectivity index is 0.821. The second kappa shape index (κ2) is 22.5. The third kappa shape index (κ3) is 10.4. The molecule has 4 fully saturated rings. The standard InChI is InChI=1S/C61H70FN13O7/c1-8-74-50(19-20-65-74)39-15-17-40(18-16-39)54(35(6)76)66-59(78)51-22-43(77)28-73(51)60(79)56(32(2)3)75-29-49(70-71-75)38-11-9-36(10-12-38)31-81-57-53(52-34(5)47(62)24-48-46(52)26-64-69-48)44(37-13-14-37)23-45-55(57)67-61(82-30-33(4)80-7)68-58(45)72-27-41-21-42(72)25-63-41/h9-12,15-20,23-24,26,29,32-33,35,37,41-43,51,54,56,63,76-77H,8,13-14,21-22,25,27-28,30-31H2,1-7H3,(H,64,69)(H,66,78)/t33-,35+,41-,42-,43+,51-,54-,56-/m0/s1. The molecule has 0 unspecified atom stereocenters. The Bertz CT molecular complexity index is 3650. The zero-order valence-electron chi connectivity index (χ0n) is 47.2. The lowest BCUT2D eigenvalue weighted by Gasteiger charge is -2.31. The molecule has 428 valence electrons. The predicted molar refractivity (Wildman–Crippen MR) is 306 cm³/mol. The number of aromatic nitrogens is 9. The van der Waals surface area contributed by atoms with Crippen LogP contribution in [0.1, 0.15) is 101 Å². The summed E-state index contributed by atoms with van der Waals surface area (Å²) in [5.74, 6) is -0.0226. The van der Waals surface area contributed by atoms with Gasteiger partial charge >= 0.3 is 6.01 Å². The molecule has 20 nitrogen and oxygen atoms in total. The lowest BCUT2D eigenvalue weighted by atomic mass is 9.88. The van der Waals surface area contributed by atoms with Crippen molar-refractivity contribution < 1.29 is 38.4 Å². The van der Waals surface area contributed by atoms with Gasteiger partial charge in [-0.3, -0.25) is 19.4 Å². The van der Waals surface area contributed by atoms with Crippen LogP contribution < -0.4 is 25.0 Å². The molecular weight excluding hydrogens is 1050 g/mol. The van der Waals surface area contributed by atoms with Gasteiger partial charge in [-0.05, 0) is 105 Å². The number of amides is 2. The number of rotatable bonds is 20. The Kier molecular flexibility index (Phi) is 15.0. The molecule has 0 spiro atoms. The Morgan fingerprint density at radius 1 is 0.939 bits per heavy atom. The number of nitrogens with one attached hydrogen (secondary N) is 3. The summed E-state index contributed by atoms with van der Waals surface area (Å²) in [5.41, 5.74) is 8.79. The number of nitrogens with zero attached hydrogens (tertiary/aromatic N) is 10. The SMILES string of the molecule is CCn1nccc1-c1ccc([C@@H](NC(=O)[C@@H]2C[C@@H](O)CN2C(=O)[C@H](C(C)C)n2cc(-c3ccc(COc4c(-c5c(C)c(F)cc6[nH]ncc56)c(C5CC5)cc5c(N6C[C@@H]7C[C@H]6CN7)nc(OC[C@H](C)OC)nc45)cc3)nn2)[C@@H](C)O)cc1. The van der Waals surface area contributed by atoms with Crippen LogP contribution in [-0.2, 0) is 27.5 Å². The fourth-order valence-corrected chi connectivity index (χ4v) is 12.3. The fraction of sp³-hybridized carbons (Fsp3) is 0.443. The van der Waals surface area contributed by atoms with Gasteiger partial charge in [0.25, 0.3) is 0 Å². The number of hydrogen-bond acceptors (Lipinski definition) is 15. The Morgan fingerprint density at radius 3 is 2.41 bits per heavy atom. The topological polar surface area (TPSA) is 236 Å². The number of aliphatic hydroxyl groups excluding tert-OH is 2. The number of aromatic amines is 1. The number of anilines is 1. The molecule has 21 heteroatoms. The summed E-state index contributed by atoms with van der Waals surface area (Å²) in [4.78, 5) is 42.9. The van der Waals surface area contributed by atoms with Gasteiger partial charge in [0.05, 0.1) is 48.0 Å². The van der Waals surface area contributed by atoms with Crippen LogP contribution in [0.15, 0.2) is 85.3 Å². The molecule has 4 aromatic heterocycles. The van der Waals surface area contributed by atoms with E-state index in [4.69, 9.17) is 24.2 Å². The maximum absolute atomic E-state index is 16.1. The van der Waals surface area contributed by atoms with Crippen molar-refractivity contribution in [2.75, 3.05) is 38.3 Å². The van der Waals surface area contributed by atoms with E-state index in [9.17, 15) is 19.8 Å². The third-order valence-corrected chi connectivity index (χ3v) is 16.9. The van der Waals surface area contributed by atoms with Crippen LogP contribution in [0, 0.1) is 18.7 Å². The molecule has 2 bridgehead atoms. The van der Waals surface area contributed by atoms with Gasteiger partial charge in [0.2, 0.25) is 11.8 Å². The van der Waals surface area contributed by atoms with Crippen molar-refractivity contribution in [3.8, 4) is 45.4 Å². The minimum Gasteiger partial charge on any atom is -0.486 e. The van der Waals surface area contributed by atoms with Crippen molar-refractivity contribution in [3.63, 3.8) is 0 Å². The van der Waals surface area contributed by atoms with Crippen molar-refractivity contribution in [1.29, 1.82) is 0 Å². The molecule has 3 aliphatic heterocycles. The van der Waals surface area contributed by atoms with Crippen LogP contribution in [-0.4, -0.2) is 142 Å². The number of ether oxygens (including phenoxy) is 3. The van der Waals surface area contributed by atoms with Crippen LogP contribution in [0.25, 0.3) is 55.4 Å². The zero-order chi connectivity index (χ0) is 57.1. The maximum Gasteiger partial charge on any atom is 0.319 e. The zero-order valence-corrected chi connectivity index (χ0v) is 47.2. The van der Waals surface area contributed by atoms with Gasteiger partial charge in [0.15, 0.2) is 5.75 Å². The number of halogens is 1. The molecule has 8 aromatic rings. The number of benzene rings is 4. The van der Waals surface area contributed by atoms with Crippen molar-refractivity contribution in [2.24, 2.45) is 5.92 Å². The first-order valence-corrected chi connectivity index (χ1v) is 28.6. The number of carbonyl (C=O) groups is 2. The van der Waals surface area contributed by atoms with E-state index in [0.717, 1.165) is 82.5 Å². The number of aliphatic hydroxyl groups is 2. The molecule has 4 aliphatic rings. The van der Waals surface area contributed by atoms with Gasteiger partial charge in [-0.25, -0.2) is 9.07 Å². The second-order valence-electron chi connectivity index (χ2n) is 22.9. The van der Waals surface area contributed by atoms with E-state index in [0.29, 0.717) is 51.8 Å². The molecule has 12 rings (SSSR count). The minimum atomic E-state index is -0.997. The molecule has 2 amide bonds. The summed E-state index contributed by atoms with van der Waals surface area (Å²) in [6, 6.07) is 19.1. The molecule has 1 aliphatic carbocycles. The summed E-state index contributed by atoms with van der Waals surface area (Å²) in [5, 5.41) is 50.9.